The highest BCUT2D eigenvalue weighted by Gasteiger charge is 2.02. The highest BCUT2D eigenvalue weighted by atomic mass is 127. The molecule has 1 aromatic rings. The van der Waals surface area contributed by atoms with Crippen LogP contribution in [0.15, 0.2) is 29.3 Å². The second kappa shape index (κ2) is 16.6. The number of benzene rings is 1. The van der Waals surface area contributed by atoms with Crippen LogP contribution in [0.3, 0.4) is 0 Å². The summed E-state index contributed by atoms with van der Waals surface area (Å²) in [4.78, 5) is 16.4. The molecule has 0 aliphatic heterocycles. The van der Waals surface area contributed by atoms with Gasteiger partial charge in [0, 0.05) is 38.4 Å². The number of hydrogen-bond donors (Lipinski definition) is 3. The minimum atomic E-state index is 0. The zero-order valence-corrected chi connectivity index (χ0v) is 20.0. The lowest BCUT2D eigenvalue weighted by atomic mass is 10.2. The topological polar surface area (TPSA) is 74.8 Å². The zero-order valence-electron chi connectivity index (χ0n) is 17.7. The predicted molar refractivity (Wildman–Crippen MR) is 128 cm³/mol. The molecule has 0 spiro atoms. The SMILES string of the molecule is CCCC(=O)Nc1cccc(CN=C(NCC)NCCCOCC(C)C)c1.I. The van der Waals surface area contributed by atoms with Crippen molar-refractivity contribution in [1.82, 2.24) is 10.6 Å². The van der Waals surface area contributed by atoms with Gasteiger partial charge in [-0.25, -0.2) is 4.99 Å². The number of nitrogens with zero attached hydrogens (tertiary/aromatic N) is 1. The van der Waals surface area contributed by atoms with Gasteiger partial charge in [0.05, 0.1) is 6.54 Å². The largest absolute Gasteiger partial charge is 0.381 e. The van der Waals surface area contributed by atoms with Gasteiger partial charge in [-0.2, -0.15) is 0 Å². The average molecular weight is 504 g/mol. The van der Waals surface area contributed by atoms with Gasteiger partial charge in [-0.1, -0.05) is 32.9 Å². The molecular formula is C21H37IN4O2. The second-order valence-corrected chi connectivity index (χ2v) is 6.94. The number of rotatable bonds is 12. The number of hydrogen-bond acceptors (Lipinski definition) is 3. The lowest BCUT2D eigenvalue weighted by Crippen LogP contribution is -2.38. The van der Waals surface area contributed by atoms with Crippen LogP contribution >= 0.6 is 24.0 Å². The van der Waals surface area contributed by atoms with Crippen molar-refractivity contribution in [2.45, 2.75) is 53.5 Å². The Balaban J connectivity index is 0.00000729. The summed E-state index contributed by atoms with van der Waals surface area (Å²) in [6.45, 7) is 12.1. The molecule has 160 valence electrons. The number of nitrogens with one attached hydrogen (secondary N) is 3. The zero-order chi connectivity index (χ0) is 19.9. The summed E-state index contributed by atoms with van der Waals surface area (Å²) in [7, 11) is 0. The first-order valence-corrected chi connectivity index (χ1v) is 10.0. The van der Waals surface area contributed by atoms with E-state index in [9.17, 15) is 4.79 Å². The first kappa shape index (κ1) is 26.6. The van der Waals surface area contributed by atoms with Crippen molar-refractivity contribution in [2.75, 3.05) is 31.6 Å². The lowest BCUT2D eigenvalue weighted by molar-refractivity contribution is -0.116. The summed E-state index contributed by atoms with van der Waals surface area (Å²) in [6, 6.07) is 7.84. The normalized spacial score (nSPS) is 11.1. The van der Waals surface area contributed by atoms with Crippen LogP contribution in [0, 0.1) is 5.92 Å². The lowest BCUT2D eigenvalue weighted by Gasteiger charge is -2.12. The van der Waals surface area contributed by atoms with E-state index < -0.39 is 0 Å². The second-order valence-electron chi connectivity index (χ2n) is 6.94. The molecule has 28 heavy (non-hydrogen) atoms. The summed E-state index contributed by atoms with van der Waals surface area (Å²) >= 11 is 0. The fraction of sp³-hybridized carbons (Fsp3) is 0.619. The smallest absolute Gasteiger partial charge is 0.224 e. The van der Waals surface area contributed by atoms with Gasteiger partial charge >= 0.3 is 0 Å². The quantitative estimate of drug-likeness (QED) is 0.173. The van der Waals surface area contributed by atoms with Crippen molar-refractivity contribution >= 4 is 41.5 Å². The minimum absolute atomic E-state index is 0. The van der Waals surface area contributed by atoms with E-state index in [-0.39, 0.29) is 29.9 Å². The molecule has 0 unspecified atom stereocenters. The maximum Gasteiger partial charge on any atom is 0.224 e. The van der Waals surface area contributed by atoms with E-state index in [0.717, 1.165) is 56.4 Å². The molecule has 7 heteroatoms. The standard InChI is InChI=1S/C21H36N4O2.HI/c1-5-9-20(26)25-19-11-7-10-18(14-19)15-24-21(22-6-2)23-12-8-13-27-16-17(3)4;/h7,10-11,14,17H,5-6,8-9,12-13,15-16H2,1-4H3,(H,25,26)(H2,22,23,24);1H. The predicted octanol–water partition coefficient (Wildman–Crippen LogP) is 4.16. The van der Waals surface area contributed by atoms with Crippen molar-refractivity contribution in [1.29, 1.82) is 0 Å². The highest BCUT2D eigenvalue weighted by molar-refractivity contribution is 14.0. The fourth-order valence-corrected chi connectivity index (χ4v) is 2.41. The number of amides is 1. The van der Waals surface area contributed by atoms with E-state index in [4.69, 9.17) is 4.74 Å². The minimum Gasteiger partial charge on any atom is -0.381 e. The van der Waals surface area contributed by atoms with Gasteiger partial charge in [-0.05, 0) is 43.4 Å². The Morgan fingerprint density at radius 2 is 2.00 bits per heavy atom. The Morgan fingerprint density at radius 1 is 1.21 bits per heavy atom. The van der Waals surface area contributed by atoms with Crippen LogP contribution < -0.4 is 16.0 Å². The van der Waals surface area contributed by atoms with Gasteiger partial charge in [-0.3, -0.25) is 4.79 Å². The van der Waals surface area contributed by atoms with E-state index in [1.54, 1.807) is 0 Å². The number of guanidine groups is 1. The molecular weight excluding hydrogens is 467 g/mol. The maximum atomic E-state index is 11.7. The van der Waals surface area contributed by atoms with Crippen molar-refractivity contribution in [3.05, 3.63) is 29.8 Å². The third-order valence-electron chi connectivity index (χ3n) is 3.66. The van der Waals surface area contributed by atoms with Gasteiger partial charge in [-0.15, -0.1) is 24.0 Å². The number of carbonyl (C=O) groups is 1. The monoisotopic (exact) mass is 504 g/mol. The van der Waals surface area contributed by atoms with Gasteiger partial charge < -0.3 is 20.7 Å². The number of aliphatic imine (C=N–C) groups is 1. The third kappa shape index (κ3) is 12.9. The van der Waals surface area contributed by atoms with Crippen molar-refractivity contribution in [2.24, 2.45) is 10.9 Å². The van der Waals surface area contributed by atoms with Crippen molar-refractivity contribution in [3.8, 4) is 0 Å². The first-order valence-electron chi connectivity index (χ1n) is 10.0. The number of halogens is 1. The van der Waals surface area contributed by atoms with Crippen LogP contribution in [0.25, 0.3) is 0 Å². The summed E-state index contributed by atoms with van der Waals surface area (Å²) in [5.41, 5.74) is 1.88. The molecule has 1 aromatic carbocycles. The fourth-order valence-electron chi connectivity index (χ4n) is 2.41. The Kier molecular flexibility index (Phi) is 15.8. The molecule has 0 aliphatic rings. The van der Waals surface area contributed by atoms with Gasteiger partial charge in [0.25, 0.3) is 0 Å². The average Bonchev–Trinajstić information content (AvgIpc) is 2.62. The maximum absolute atomic E-state index is 11.7. The van der Waals surface area contributed by atoms with Crippen LogP contribution in [-0.2, 0) is 16.1 Å². The molecule has 0 fully saturated rings. The van der Waals surface area contributed by atoms with E-state index in [1.165, 1.54) is 0 Å². The van der Waals surface area contributed by atoms with Crippen molar-refractivity contribution in [3.63, 3.8) is 0 Å². The molecule has 6 nitrogen and oxygen atoms in total. The van der Waals surface area contributed by atoms with Crippen LogP contribution in [-0.4, -0.2) is 38.2 Å². The molecule has 1 amide bonds. The van der Waals surface area contributed by atoms with Gasteiger partial charge in [0.2, 0.25) is 5.91 Å². The Hall–Kier alpha value is -1.35. The number of carbonyl (C=O) groups excluding carboxylic acids is 1. The van der Waals surface area contributed by atoms with Crippen LogP contribution in [0.2, 0.25) is 0 Å². The Bertz CT molecular complexity index is 579. The van der Waals surface area contributed by atoms with Crippen LogP contribution in [0.5, 0.6) is 0 Å². The van der Waals surface area contributed by atoms with E-state index in [2.05, 4.69) is 34.8 Å². The molecule has 0 saturated carbocycles. The summed E-state index contributed by atoms with van der Waals surface area (Å²) < 4.78 is 5.59. The molecule has 3 N–H and O–H groups in total. The van der Waals surface area contributed by atoms with E-state index >= 15 is 0 Å². The number of anilines is 1. The first-order chi connectivity index (χ1) is 13.0. The Morgan fingerprint density at radius 3 is 2.68 bits per heavy atom. The molecule has 0 radical (unpaired) electrons. The van der Waals surface area contributed by atoms with Crippen molar-refractivity contribution < 1.29 is 9.53 Å². The summed E-state index contributed by atoms with van der Waals surface area (Å²) in [6.07, 6.45) is 2.32. The molecule has 0 saturated heterocycles. The molecule has 0 bridgehead atoms. The summed E-state index contributed by atoms with van der Waals surface area (Å²) in [5, 5.41) is 9.51. The summed E-state index contributed by atoms with van der Waals surface area (Å²) in [5.74, 6) is 1.41. The highest BCUT2D eigenvalue weighted by Crippen LogP contribution is 2.12. The molecule has 0 heterocycles. The third-order valence-corrected chi connectivity index (χ3v) is 3.66. The van der Waals surface area contributed by atoms with Crippen LogP contribution in [0.1, 0.15) is 52.5 Å². The molecule has 1 rings (SSSR count). The van der Waals surface area contributed by atoms with Gasteiger partial charge in [0.15, 0.2) is 5.96 Å². The molecule has 0 aliphatic carbocycles. The molecule has 0 aromatic heterocycles. The van der Waals surface area contributed by atoms with E-state index in [0.29, 0.717) is 18.9 Å². The van der Waals surface area contributed by atoms with E-state index in [1.807, 2.05) is 38.1 Å². The Labute approximate surface area is 187 Å². The van der Waals surface area contributed by atoms with Crippen LogP contribution in [0.4, 0.5) is 5.69 Å². The van der Waals surface area contributed by atoms with Gasteiger partial charge in [0.1, 0.15) is 0 Å². The molecule has 0 atom stereocenters. The number of ether oxygens (including phenoxy) is 1.